The molecule has 1 atom stereocenters. The minimum absolute atomic E-state index is 0.0237. The average molecular weight is 438 g/mol. The number of hydrogen-bond acceptors (Lipinski definition) is 6. The van der Waals surface area contributed by atoms with Crippen LogP contribution in [0.5, 0.6) is 0 Å². The summed E-state index contributed by atoms with van der Waals surface area (Å²) < 4.78 is 6.86. The first-order valence-electron chi connectivity index (χ1n) is 10.5. The number of carbonyl (C=O) groups excluding carboxylic acids is 1. The van der Waals surface area contributed by atoms with Gasteiger partial charge in [0.2, 0.25) is 5.91 Å². The first-order valence-corrected chi connectivity index (χ1v) is 12.2. The van der Waals surface area contributed by atoms with Gasteiger partial charge in [-0.2, -0.15) is 0 Å². The third kappa shape index (κ3) is 5.61. The largest absolute Gasteiger partial charge is 0.385 e. The molecule has 0 bridgehead atoms. The van der Waals surface area contributed by atoms with Gasteiger partial charge in [0.15, 0.2) is 5.16 Å². The predicted octanol–water partition coefficient (Wildman–Crippen LogP) is 3.99. The highest BCUT2D eigenvalue weighted by molar-refractivity contribution is 8.00. The van der Waals surface area contributed by atoms with Gasteiger partial charge in [-0.05, 0) is 38.7 Å². The molecule has 0 unspecified atom stereocenters. The number of thioether (sulfide) groups is 1. The van der Waals surface area contributed by atoms with Gasteiger partial charge < -0.3 is 10.1 Å². The second-order valence-electron chi connectivity index (χ2n) is 7.59. The topological polar surface area (TPSA) is 73.2 Å². The Morgan fingerprint density at radius 3 is 2.86 bits per heavy atom. The summed E-state index contributed by atoms with van der Waals surface area (Å²) in [5.41, 5.74) is -0.0237. The number of nitrogens with one attached hydrogen (secondary N) is 1. The average Bonchev–Trinajstić information content (AvgIpc) is 3.14. The molecule has 0 radical (unpaired) electrons. The standard InChI is InChI=1S/C21H31N3O3S2/c1-4-16-13-17-19(29-16)23-21(24(20(17)26)11-8-12-27-3)28-14(2)18(25)22-15-9-6-5-7-10-15/h13-15H,4-12H2,1-3H3,(H,22,25)/t14-/m0/s1. The first-order chi connectivity index (χ1) is 14.0. The van der Waals surface area contributed by atoms with Crippen LogP contribution in [0.25, 0.3) is 10.2 Å². The zero-order chi connectivity index (χ0) is 20.8. The van der Waals surface area contributed by atoms with E-state index in [-0.39, 0.29) is 22.8 Å². The van der Waals surface area contributed by atoms with Crippen molar-refractivity contribution < 1.29 is 9.53 Å². The van der Waals surface area contributed by atoms with Crippen LogP contribution in [0.3, 0.4) is 0 Å². The van der Waals surface area contributed by atoms with Crippen molar-refractivity contribution in [2.75, 3.05) is 13.7 Å². The highest BCUT2D eigenvalue weighted by atomic mass is 32.2. The molecule has 1 amide bonds. The summed E-state index contributed by atoms with van der Waals surface area (Å²) in [6.07, 6.45) is 7.35. The number of aromatic nitrogens is 2. The minimum atomic E-state index is -0.305. The van der Waals surface area contributed by atoms with Crippen LogP contribution in [-0.4, -0.2) is 40.5 Å². The summed E-state index contributed by atoms with van der Waals surface area (Å²) in [5, 5.41) is 4.17. The molecule has 6 nitrogen and oxygen atoms in total. The van der Waals surface area contributed by atoms with Gasteiger partial charge in [-0.25, -0.2) is 4.98 Å². The fourth-order valence-electron chi connectivity index (χ4n) is 3.65. The SMILES string of the molecule is CCc1cc2c(=O)n(CCCOC)c(S[C@@H](C)C(=O)NC3CCCCC3)nc2s1. The van der Waals surface area contributed by atoms with E-state index in [0.717, 1.165) is 35.4 Å². The Labute approximate surface area is 180 Å². The number of aryl methyl sites for hydroxylation is 1. The summed E-state index contributed by atoms with van der Waals surface area (Å²) in [6.45, 7) is 5.09. The molecule has 0 saturated heterocycles. The number of ether oxygens (including phenoxy) is 1. The van der Waals surface area contributed by atoms with E-state index in [4.69, 9.17) is 9.72 Å². The van der Waals surface area contributed by atoms with E-state index in [0.29, 0.717) is 23.7 Å². The highest BCUT2D eigenvalue weighted by Crippen LogP contribution is 2.28. The monoisotopic (exact) mass is 437 g/mol. The van der Waals surface area contributed by atoms with E-state index in [1.807, 2.05) is 13.0 Å². The Morgan fingerprint density at radius 1 is 1.41 bits per heavy atom. The number of thiophene rings is 1. The Morgan fingerprint density at radius 2 is 2.17 bits per heavy atom. The van der Waals surface area contributed by atoms with Gasteiger partial charge in [-0.15, -0.1) is 11.3 Å². The maximum Gasteiger partial charge on any atom is 0.262 e. The molecule has 2 aromatic rings. The predicted molar refractivity (Wildman–Crippen MR) is 120 cm³/mol. The molecule has 3 rings (SSSR count). The summed E-state index contributed by atoms with van der Waals surface area (Å²) in [4.78, 5) is 32.5. The number of methoxy groups -OCH3 is 1. The number of amides is 1. The van der Waals surface area contributed by atoms with Crippen LogP contribution in [0.15, 0.2) is 16.0 Å². The normalized spacial score (nSPS) is 16.2. The Hall–Kier alpha value is -1.38. The van der Waals surface area contributed by atoms with Gasteiger partial charge in [0.05, 0.1) is 10.6 Å². The molecule has 2 aromatic heterocycles. The van der Waals surface area contributed by atoms with E-state index < -0.39 is 0 Å². The van der Waals surface area contributed by atoms with Crippen molar-refractivity contribution >= 4 is 39.2 Å². The third-order valence-electron chi connectivity index (χ3n) is 5.35. The van der Waals surface area contributed by atoms with Crippen molar-refractivity contribution in [1.82, 2.24) is 14.9 Å². The van der Waals surface area contributed by atoms with Crippen LogP contribution in [-0.2, 0) is 22.5 Å². The first kappa shape index (κ1) is 22.3. The second-order valence-corrected chi connectivity index (χ2v) is 10.0. The minimum Gasteiger partial charge on any atom is -0.385 e. The molecule has 1 aliphatic rings. The van der Waals surface area contributed by atoms with Gasteiger partial charge in [0.1, 0.15) is 4.83 Å². The van der Waals surface area contributed by atoms with Crippen LogP contribution in [0, 0.1) is 0 Å². The quantitative estimate of drug-likeness (QED) is 0.365. The lowest BCUT2D eigenvalue weighted by atomic mass is 9.95. The molecule has 1 saturated carbocycles. The van der Waals surface area contributed by atoms with Crippen molar-refractivity contribution in [3.63, 3.8) is 0 Å². The summed E-state index contributed by atoms with van der Waals surface area (Å²) in [5.74, 6) is 0.0279. The Bertz CT molecular complexity index is 887. The smallest absolute Gasteiger partial charge is 0.262 e. The van der Waals surface area contributed by atoms with Crippen LogP contribution < -0.4 is 10.9 Å². The van der Waals surface area contributed by atoms with Crippen molar-refractivity contribution in [2.45, 2.75) is 81.8 Å². The number of rotatable bonds is 9. The number of carbonyl (C=O) groups is 1. The summed E-state index contributed by atoms with van der Waals surface area (Å²) >= 11 is 2.94. The molecule has 29 heavy (non-hydrogen) atoms. The van der Waals surface area contributed by atoms with E-state index in [2.05, 4.69) is 12.2 Å². The van der Waals surface area contributed by atoms with Crippen molar-refractivity contribution in [3.05, 3.63) is 21.3 Å². The number of fused-ring (bicyclic) bond motifs is 1. The van der Waals surface area contributed by atoms with Crippen molar-refractivity contribution in [3.8, 4) is 0 Å². The lowest BCUT2D eigenvalue weighted by Crippen LogP contribution is -2.40. The fraction of sp³-hybridized carbons (Fsp3) is 0.667. The summed E-state index contributed by atoms with van der Waals surface area (Å²) in [6, 6.07) is 2.23. The molecule has 1 N–H and O–H groups in total. The van der Waals surface area contributed by atoms with Gasteiger partial charge in [-0.3, -0.25) is 14.2 Å². The molecule has 160 valence electrons. The van der Waals surface area contributed by atoms with Gasteiger partial charge >= 0.3 is 0 Å². The van der Waals surface area contributed by atoms with Crippen molar-refractivity contribution in [1.29, 1.82) is 0 Å². The van der Waals surface area contributed by atoms with Crippen molar-refractivity contribution in [2.24, 2.45) is 0 Å². The molecule has 0 spiro atoms. The van der Waals surface area contributed by atoms with Crippen LogP contribution >= 0.6 is 23.1 Å². The number of nitrogens with zero attached hydrogens (tertiary/aromatic N) is 2. The number of hydrogen-bond donors (Lipinski definition) is 1. The fourth-order valence-corrected chi connectivity index (χ4v) is 5.60. The third-order valence-corrected chi connectivity index (χ3v) is 7.61. The Kier molecular flexibility index (Phi) is 8.15. The zero-order valence-corrected chi connectivity index (χ0v) is 19.2. The zero-order valence-electron chi connectivity index (χ0n) is 17.5. The molecule has 1 aliphatic carbocycles. The van der Waals surface area contributed by atoms with E-state index in [1.54, 1.807) is 23.0 Å². The molecule has 1 fully saturated rings. The van der Waals surface area contributed by atoms with E-state index in [9.17, 15) is 9.59 Å². The second kappa shape index (κ2) is 10.6. The van der Waals surface area contributed by atoms with E-state index in [1.165, 1.54) is 31.0 Å². The molecule has 0 aliphatic heterocycles. The molecule has 8 heteroatoms. The molecule has 2 heterocycles. The summed E-state index contributed by atoms with van der Waals surface area (Å²) in [7, 11) is 1.66. The van der Waals surface area contributed by atoms with Crippen LogP contribution in [0.4, 0.5) is 0 Å². The van der Waals surface area contributed by atoms with Gasteiger partial charge in [0.25, 0.3) is 5.56 Å². The van der Waals surface area contributed by atoms with E-state index >= 15 is 0 Å². The van der Waals surface area contributed by atoms with Crippen LogP contribution in [0.2, 0.25) is 0 Å². The molecular weight excluding hydrogens is 406 g/mol. The lowest BCUT2D eigenvalue weighted by molar-refractivity contribution is -0.121. The van der Waals surface area contributed by atoms with Gasteiger partial charge in [-0.1, -0.05) is 37.9 Å². The molecular formula is C21H31N3O3S2. The maximum atomic E-state index is 13.1. The van der Waals surface area contributed by atoms with Gasteiger partial charge in [0, 0.05) is 31.2 Å². The lowest BCUT2D eigenvalue weighted by Gasteiger charge is -2.24. The molecule has 0 aromatic carbocycles. The maximum absolute atomic E-state index is 13.1. The Balaban J connectivity index is 1.82. The highest BCUT2D eigenvalue weighted by Gasteiger charge is 2.23. The van der Waals surface area contributed by atoms with Crippen LogP contribution in [0.1, 0.15) is 57.2 Å².